The molecule has 0 aliphatic heterocycles. The molecule has 7 heteroatoms. The summed E-state index contributed by atoms with van der Waals surface area (Å²) in [5.41, 5.74) is 2.27. The molecule has 0 aliphatic rings. The van der Waals surface area contributed by atoms with Crippen molar-refractivity contribution in [2.24, 2.45) is 0 Å². The van der Waals surface area contributed by atoms with Gasteiger partial charge in [-0.3, -0.25) is 4.72 Å². The van der Waals surface area contributed by atoms with Crippen LogP contribution in [0.25, 0.3) is 0 Å². The quantitative estimate of drug-likeness (QED) is 0.885. The lowest BCUT2D eigenvalue weighted by molar-refractivity contribution is 0.599. The fourth-order valence-corrected chi connectivity index (χ4v) is 3.68. The Morgan fingerprint density at radius 3 is 2.38 bits per heavy atom. The zero-order valence-electron chi connectivity index (χ0n) is 12.2. The minimum atomic E-state index is -3.69. The third kappa shape index (κ3) is 3.49. The molecule has 0 atom stereocenters. The summed E-state index contributed by atoms with van der Waals surface area (Å²) in [6.07, 6.45) is 1.49. The predicted octanol–water partition coefficient (Wildman–Crippen LogP) is 2.33. The van der Waals surface area contributed by atoms with E-state index in [4.69, 9.17) is 0 Å². The Balaban J connectivity index is 2.41. The van der Waals surface area contributed by atoms with Gasteiger partial charge in [0.05, 0.1) is 4.90 Å². The monoisotopic (exact) mass is 306 g/mol. The molecule has 0 saturated heterocycles. The zero-order chi connectivity index (χ0) is 15.5. The summed E-state index contributed by atoms with van der Waals surface area (Å²) in [6, 6.07) is 6.82. The van der Waals surface area contributed by atoms with Crippen LogP contribution in [0.3, 0.4) is 0 Å². The minimum Gasteiger partial charge on any atom is -0.385 e. The third-order valence-electron chi connectivity index (χ3n) is 2.92. The van der Waals surface area contributed by atoms with Crippen molar-refractivity contribution in [1.82, 2.24) is 10.2 Å². The molecule has 0 spiro atoms. The van der Waals surface area contributed by atoms with Crippen LogP contribution >= 0.6 is 0 Å². The van der Waals surface area contributed by atoms with E-state index in [9.17, 15) is 8.42 Å². The molecule has 2 aromatic rings. The number of anilines is 2. The van der Waals surface area contributed by atoms with E-state index in [1.807, 2.05) is 19.1 Å². The highest BCUT2D eigenvalue weighted by molar-refractivity contribution is 7.92. The first kappa shape index (κ1) is 15.2. The average Bonchev–Trinajstić information content (AvgIpc) is 2.38. The number of nitrogens with zero attached hydrogens (tertiary/aromatic N) is 2. The molecule has 0 fully saturated rings. The lowest BCUT2D eigenvalue weighted by Crippen LogP contribution is -2.17. The number of benzene rings is 1. The Bertz CT molecular complexity index is 707. The summed E-state index contributed by atoms with van der Waals surface area (Å²) in [6.45, 7) is 6.33. The van der Waals surface area contributed by atoms with Crippen molar-refractivity contribution in [1.29, 1.82) is 0 Å². The van der Waals surface area contributed by atoms with E-state index in [0.29, 0.717) is 11.1 Å². The normalized spacial score (nSPS) is 11.2. The number of nitrogens with one attached hydrogen (secondary N) is 2. The van der Waals surface area contributed by atoms with Crippen molar-refractivity contribution in [3.05, 3.63) is 41.6 Å². The van der Waals surface area contributed by atoms with E-state index >= 15 is 0 Å². The van der Waals surface area contributed by atoms with Crippen LogP contribution < -0.4 is 10.0 Å². The minimum absolute atomic E-state index is 0.201. The molecule has 1 aromatic carbocycles. The van der Waals surface area contributed by atoms with Crippen molar-refractivity contribution in [3.63, 3.8) is 0 Å². The molecular weight excluding hydrogens is 288 g/mol. The highest BCUT2D eigenvalue weighted by atomic mass is 32.2. The third-order valence-corrected chi connectivity index (χ3v) is 4.58. The van der Waals surface area contributed by atoms with Gasteiger partial charge in [-0.15, -0.1) is 5.10 Å². The van der Waals surface area contributed by atoms with Gasteiger partial charge in [-0.25, -0.2) is 8.42 Å². The fourth-order valence-electron chi connectivity index (χ4n) is 2.23. The van der Waals surface area contributed by atoms with Crippen molar-refractivity contribution >= 4 is 21.5 Å². The van der Waals surface area contributed by atoms with Crippen molar-refractivity contribution in [2.75, 3.05) is 16.6 Å². The van der Waals surface area contributed by atoms with Crippen LogP contribution in [0.2, 0.25) is 0 Å². The van der Waals surface area contributed by atoms with Gasteiger partial charge in [-0.05, 0) is 56.2 Å². The van der Waals surface area contributed by atoms with Crippen LogP contribution in [0, 0.1) is 13.8 Å². The van der Waals surface area contributed by atoms with Crippen LogP contribution in [-0.4, -0.2) is 25.2 Å². The van der Waals surface area contributed by atoms with Gasteiger partial charge in [0.1, 0.15) is 0 Å². The van der Waals surface area contributed by atoms with Crippen LogP contribution in [-0.2, 0) is 10.0 Å². The molecule has 1 aromatic heterocycles. The first-order valence-corrected chi connectivity index (χ1v) is 8.08. The maximum absolute atomic E-state index is 12.5. The number of aryl methyl sites for hydroxylation is 2. The topological polar surface area (TPSA) is 84.0 Å². The van der Waals surface area contributed by atoms with Crippen LogP contribution in [0.4, 0.5) is 11.5 Å². The molecule has 2 rings (SSSR count). The van der Waals surface area contributed by atoms with E-state index < -0.39 is 10.0 Å². The van der Waals surface area contributed by atoms with Crippen molar-refractivity contribution in [2.45, 2.75) is 25.7 Å². The second kappa shape index (κ2) is 6.09. The van der Waals surface area contributed by atoms with Gasteiger partial charge in [0.2, 0.25) is 0 Å². The molecule has 0 bridgehead atoms. The van der Waals surface area contributed by atoms with E-state index in [-0.39, 0.29) is 10.7 Å². The van der Waals surface area contributed by atoms with E-state index in [2.05, 4.69) is 20.2 Å². The molecule has 21 heavy (non-hydrogen) atoms. The molecule has 1 heterocycles. The first-order valence-electron chi connectivity index (χ1n) is 6.59. The van der Waals surface area contributed by atoms with Gasteiger partial charge in [0.25, 0.3) is 10.0 Å². The standard InChI is InChI=1S/C14H18N4O2S/c1-4-15-12-8-10(2)14(11(3)9-12)21(19,20)18-13-6-5-7-16-17-13/h5-9,15H,4H2,1-3H3,(H,17,18). The maximum Gasteiger partial charge on any atom is 0.263 e. The maximum atomic E-state index is 12.5. The van der Waals surface area contributed by atoms with Crippen molar-refractivity contribution in [3.8, 4) is 0 Å². The molecule has 0 amide bonds. The lowest BCUT2D eigenvalue weighted by atomic mass is 10.1. The summed E-state index contributed by atoms with van der Waals surface area (Å²) in [5, 5.41) is 10.6. The lowest BCUT2D eigenvalue weighted by Gasteiger charge is -2.14. The number of rotatable bonds is 5. The molecule has 0 unspecified atom stereocenters. The molecule has 2 N–H and O–H groups in total. The SMILES string of the molecule is CCNc1cc(C)c(S(=O)(=O)Nc2cccnn2)c(C)c1. The Morgan fingerprint density at radius 2 is 1.86 bits per heavy atom. The Morgan fingerprint density at radius 1 is 1.19 bits per heavy atom. The summed E-state index contributed by atoms with van der Waals surface area (Å²) in [4.78, 5) is 0.273. The summed E-state index contributed by atoms with van der Waals surface area (Å²) >= 11 is 0. The molecular formula is C14H18N4O2S. The van der Waals surface area contributed by atoms with Gasteiger partial charge < -0.3 is 5.32 Å². The van der Waals surface area contributed by atoms with E-state index in [1.54, 1.807) is 26.0 Å². The van der Waals surface area contributed by atoms with Gasteiger partial charge in [-0.1, -0.05) is 0 Å². The van der Waals surface area contributed by atoms with Gasteiger partial charge in [0.15, 0.2) is 5.82 Å². The number of sulfonamides is 1. The smallest absolute Gasteiger partial charge is 0.263 e. The average molecular weight is 306 g/mol. The largest absolute Gasteiger partial charge is 0.385 e. The van der Waals surface area contributed by atoms with Gasteiger partial charge in [0, 0.05) is 18.4 Å². The summed E-state index contributed by atoms with van der Waals surface area (Å²) < 4.78 is 27.5. The molecule has 0 radical (unpaired) electrons. The number of hydrogen-bond donors (Lipinski definition) is 2. The molecule has 112 valence electrons. The first-order chi connectivity index (χ1) is 9.94. The highest BCUT2D eigenvalue weighted by Crippen LogP contribution is 2.25. The van der Waals surface area contributed by atoms with Crippen molar-refractivity contribution < 1.29 is 8.42 Å². The zero-order valence-corrected chi connectivity index (χ0v) is 13.0. The molecule has 6 nitrogen and oxygen atoms in total. The summed E-state index contributed by atoms with van der Waals surface area (Å²) in [7, 11) is -3.69. The highest BCUT2D eigenvalue weighted by Gasteiger charge is 2.20. The van der Waals surface area contributed by atoms with Gasteiger partial charge in [-0.2, -0.15) is 5.10 Å². The Labute approximate surface area is 124 Å². The number of hydrogen-bond acceptors (Lipinski definition) is 5. The predicted molar refractivity (Wildman–Crippen MR) is 82.9 cm³/mol. The second-order valence-electron chi connectivity index (χ2n) is 4.68. The Hall–Kier alpha value is -2.15. The number of aromatic nitrogens is 2. The van der Waals surface area contributed by atoms with Gasteiger partial charge >= 0.3 is 0 Å². The van der Waals surface area contributed by atoms with Crippen LogP contribution in [0.5, 0.6) is 0 Å². The molecule has 0 aliphatic carbocycles. The summed E-state index contributed by atoms with van der Waals surface area (Å²) in [5.74, 6) is 0.201. The molecule has 0 saturated carbocycles. The van der Waals surface area contributed by atoms with Crippen LogP contribution in [0.15, 0.2) is 35.4 Å². The fraction of sp³-hybridized carbons (Fsp3) is 0.286. The van der Waals surface area contributed by atoms with E-state index in [1.165, 1.54) is 6.20 Å². The van der Waals surface area contributed by atoms with E-state index in [0.717, 1.165) is 12.2 Å². The Kier molecular flexibility index (Phi) is 4.42. The van der Waals surface area contributed by atoms with Crippen LogP contribution in [0.1, 0.15) is 18.1 Å². The second-order valence-corrected chi connectivity index (χ2v) is 6.30.